The van der Waals surface area contributed by atoms with Gasteiger partial charge in [-0.25, -0.2) is 0 Å². The minimum absolute atomic E-state index is 0.641. The first-order chi connectivity index (χ1) is 6.72. The zero-order chi connectivity index (χ0) is 10.1. The first-order valence-corrected chi connectivity index (χ1v) is 5.85. The maximum Gasteiger partial charge on any atom is 0.137 e. The summed E-state index contributed by atoms with van der Waals surface area (Å²) in [5.74, 6) is 0.858. The maximum atomic E-state index is 6.05. The predicted octanol–water partition coefficient (Wildman–Crippen LogP) is 4.61. The molecule has 0 aliphatic heterocycles. The van der Waals surface area contributed by atoms with Crippen molar-refractivity contribution < 1.29 is 4.74 Å². The lowest BCUT2D eigenvalue weighted by molar-refractivity contribution is 0.345. The van der Waals surface area contributed by atoms with Crippen LogP contribution in [-0.4, -0.2) is 6.61 Å². The summed E-state index contributed by atoms with van der Waals surface area (Å²) < 4.78 is 6.49. The largest absolute Gasteiger partial charge is 0.492 e. The molecule has 1 heterocycles. The van der Waals surface area contributed by atoms with Crippen LogP contribution in [0.2, 0.25) is 10.0 Å². The predicted molar refractivity (Wildman–Crippen MR) is 63.0 cm³/mol. The lowest BCUT2D eigenvalue weighted by atomic mass is 10.2. The first kappa shape index (κ1) is 10.1. The number of benzene rings is 1. The molecule has 0 saturated heterocycles. The Hall–Kier alpha value is -0.440. The van der Waals surface area contributed by atoms with Gasteiger partial charge in [0.15, 0.2) is 0 Å². The Morgan fingerprint density at radius 1 is 1.36 bits per heavy atom. The minimum atomic E-state index is 0.641. The van der Waals surface area contributed by atoms with E-state index in [-0.39, 0.29) is 0 Å². The fraction of sp³-hybridized carbons (Fsp3) is 0.200. The van der Waals surface area contributed by atoms with Crippen LogP contribution in [0.3, 0.4) is 0 Å². The van der Waals surface area contributed by atoms with Gasteiger partial charge in [-0.05, 0) is 19.1 Å². The van der Waals surface area contributed by atoms with Crippen LogP contribution in [0.15, 0.2) is 17.5 Å². The van der Waals surface area contributed by atoms with Crippen molar-refractivity contribution in [2.24, 2.45) is 0 Å². The molecule has 0 N–H and O–H groups in total. The number of fused-ring (bicyclic) bond motifs is 1. The molecular formula is C10H8Cl2OS. The van der Waals surface area contributed by atoms with Crippen LogP contribution in [-0.2, 0) is 0 Å². The summed E-state index contributed by atoms with van der Waals surface area (Å²) in [5, 5.41) is 4.27. The molecular weight excluding hydrogens is 239 g/mol. The molecule has 0 fully saturated rings. The highest BCUT2D eigenvalue weighted by molar-refractivity contribution is 7.18. The van der Waals surface area contributed by atoms with Crippen molar-refractivity contribution >= 4 is 44.6 Å². The van der Waals surface area contributed by atoms with Gasteiger partial charge in [-0.3, -0.25) is 0 Å². The molecule has 0 radical (unpaired) electrons. The van der Waals surface area contributed by atoms with Crippen LogP contribution in [0.1, 0.15) is 6.92 Å². The van der Waals surface area contributed by atoms with E-state index in [9.17, 15) is 0 Å². The Labute approximate surface area is 96.2 Å². The molecule has 0 amide bonds. The summed E-state index contributed by atoms with van der Waals surface area (Å²) in [6, 6.07) is 3.63. The molecule has 74 valence electrons. The number of hydrogen-bond donors (Lipinski definition) is 0. The number of thiophene rings is 1. The molecule has 0 aliphatic carbocycles. The zero-order valence-electron chi connectivity index (χ0n) is 7.51. The van der Waals surface area contributed by atoms with Crippen LogP contribution in [0.25, 0.3) is 10.1 Å². The lowest BCUT2D eigenvalue weighted by Gasteiger charge is -2.01. The third-order valence-electron chi connectivity index (χ3n) is 1.86. The fourth-order valence-corrected chi connectivity index (χ4v) is 2.81. The topological polar surface area (TPSA) is 9.23 Å². The quantitative estimate of drug-likeness (QED) is 0.753. The van der Waals surface area contributed by atoms with Gasteiger partial charge in [0.25, 0.3) is 0 Å². The molecule has 4 heteroatoms. The van der Waals surface area contributed by atoms with E-state index in [1.54, 1.807) is 17.4 Å². The third kappa shape index (κ3) is 1.70. The van der Waals surface area contributed by atoms with Crippen molar-refractivity contribution in [2.75, 3.05) is 6.61 Å². The number of ether oxygens (including phenoxy) is 1. The van der Waals surface area contributed by atoms with Crippen molar-refractivity contribution in [1.29, 1.82) is 0 Å². The van der Waals surface area contributed by atoms with E-state index in [1.807, 2.05) is 18.4 Å². The van der Waals surface area contributed by atoms with Crippen molar-refractivity contribution in [3.05, 3.63) is 27.6 Å². The summed E-state index contributed by atoms with van der Waals surface area (Å²) in [7, 11) is 0. The summed E-state index contributed by atoms with van der Waals surface area (Å²) in [6.45, 7) is 2.60. The molecule has 0 bridgehead atoms. The SMILES string of the molecule is CCOc1csc2c(Cl)cc(Cl)cc12. The second-order valence-electron chi connectivity index (χ2n) is 2.80. The summed E-state index contributed by atoms with van der Waals surface area (Å²) in [6.07, 6.45) is 0. The number of rotatable bonds is 2. The molecule has 0 unspecified atom stereocenters. The van der Waals surface area contributed by atoms with Crippen molar-refractivity contribution in [1.82, 2.24) is 0 Å². The van der Waals surface area contributed by atoms with Gasteiger partial charge in [-0.1, -0.05) is 23.2 Å². The first-order valence-electron chi connectivity index (χ1n) is 4.21. The van der Waals surface area contributed by atoms with Gasteiger partial charge in [0, 0.05) is 15.8 Å². The van der Waals surface area contributed by atoms with Gasteiger partial charge in [-0.15, -0.1) is 11.3 Å². The molecule has 0 aliphatic rings. The highest BCUT2D eigenvalue weighted by Crippen LogP contribution is 2.38. The normalized spacial score (nSPS) is 10.8. The lowest BCUT2D eigenvalue weighted by Crippen LogP contribution is -1.89. The van der Waals surface area contributed by atoms with Gasteiger partial charge < -0.3 is 4.74 Å². The van der Waals surface area contributed by atoms with E-state index in [4.69, 9.17) is 27.9 Å². The minimum Gasteiger partial charge on any atom is -0.492 e. The summed E-state index contributed by atoms with van der Waals surface area (Å²) in [5.41, 5.74) is 0. The van der Waals surface area contributed by atoms with Crippen LogP contribution in [0, 0.1) is 0 Å². The van der Waals surface area contributed by atoms with E-state index >= 15 is 0 Å². The Kier molecular flexibility index (Phi) is 2.86. The highest BCUT2D eigenvalue weighted by Gasteiger charge is 2.08. The summed E-state index contributed by atoms with van der Waals surface area (Å²) in [4.78, 5) is 0. The van der Waals surface area contributed by atoms with Gasteiger partial charge >= 0.3 is 0 Å². The van der Waals surface area contributed by atoms with E-state index < -0.39 is 0 Å². The van der Waals surface area contributed by atoms with Crippen molar-refractivity contribution in [2.45, 2.75) is 6.92 Å². The molecule has 0 spiro atoms. The highest BCUT2D eigenvalue weighted by atomic mass is 35.5. The molecule has 2 rings (SSSR count). The second-order valence-corrected chi connectivity index (χ2v) is 4.52. The van der Waals surface area contributed by atoms with E-state index in [1.165, 1.54) is 0 Å². The van der Waals surface area contributed by atoms with Gasteiger partial charge in [0.2, 0.25) is 0 Å². The molecule has 14 heavy (non-hydrogen) atoms. The molecule has 1 nitrogen and oxygen atoms in total. The molecule has 1 aromatic carbocycles. The Bertz CT molecular complexity index is 464. The smallest absolute Gasteiger partial charge is 0.137 e. The number of halogens is 2. The van der Waals surface area contributed by atoms with Gasteiger partial charge in [0.05, 0.1) is 16.3 Å². The van der Waals surface area contributed by atoms with Crippen molar-refractivity contribution in [3.8, 4) is 5.75 Å². The molecule has 0 saturated carbocycles. The average molecular weight is 247 g/mol. The zero-order valence-corrected chi connectivity index (χ0v) is 9.84. The van der Waals surface area contributed by atoms with Crippen LogP contribution >= 0.6 is 34.5 Å². The standard InChI is InChI=1S/C10H8Cl2OS/c1-2-13-9-5-14-10-7(9)3-6(11)4-8(10)12/h3-5H,2H2,1H3. The second kappa shape index (κ2) is 3.97. The summed E-state index contributed by atoms with van der Waals surface area (Å²) >= 11 is 13.5. The molecule has 1 aromatic heterocycles. The maximum absolute atomic E-state index is 6.05. The van der Waals surface area contributed by atoms with Gasteiger partial charge in [-0.2, -0.15) is 0 Å². The Morgan fingerprint density at radius 3 is 2.86 bits per heavy atom. The average Bonchev–Trinajstić information content (AvgIpc) is 2.49. The number of hydrogen-bond acceptors (Lipinski definition) is 2. The van der Waals surface area contributed by atoms with E-state index in [0.717, 1.165) is 15.8 Å². The van der Waals surface area contributed by atoms with E-state index in [0.29, 0.717) is 16.7 Å². The fourth-order valence-electron chi connectivity index (χ4n) is 1.31. The van der Waals surface area contributed by atoms with Gasteiger partial charge in [0.1, 0.15) is 5.75 Å². The third-order valence-corrected chi connectivity index (χ3v) is 3.49. The van der Waals surface area contributed by atoms with Crippen LogP contribution < -0.4 is 4.74 Å². The molecule has 2 aromatic rings. The van der Waals surface area contributed by atoms with Crippen LogP contribution in [0.5, 0.6) is 5.75 Å². The monoisotopic (exact) mass is 246 g/mol. The Balaban J connectivity index is 2.66. The molecule has 0 atom stereocenters. The van der Waals surface area contributed by atoms with Crippen LogP contribution in [0.4, 0.5) is 0 Å². The van der Waals surface area contributed by atoms with E-state index in [2.05, 4.69) is 0 Å². The Morgan fingerprint density at radius 2 is 2.14 bits per heavy atom. The van der Waals surface area contributed by atoms with Crippen molar-refractivity contribution in [3.63, 3.8) is 0 Å².